The topological polar surface area (TPSA) is 51.2 Å². The highest BCUT2D eigenvalue weighted by molar-refractivity contribution is 7.14. The summed E-state index contributed by atoms with van der Waals surface area (Å²) >= 11 is 1.26. The number of nitrogens with zero attached hydrogens (tertiary/aromatic N) is 1. The van der Waals surface area contributed by atoms with Crippen LogP contribution in [0.5, 0.6) is 0 Å². The Morgan fingerprint density at radius 1 is 1.50 bits per heavy atom. The second-order valence-corrected chi connectivity index (χ2v) is 4.42. The van der Waals surface area contributed by atoms with E-state index in [1.165, 1.54) is 24.5 Å². The molecule has 0 bridgehead atoms. The molecule has 1 N–H and O–H groups in total. The number of esters is 1. The Hall–Kier alpha value is -1.95. The van der Waals surface area contributed by atoms with Crippen LogP contribution >= 0.6 is 11.3 Å². The van der Waals surface area contributed by atoms with Gasteiger partial charge in [0.05, 0.1) is 7.11 Å². The first kappa shape index (κ1) is 12.5. The van der Waals surface area contributed by atoms with E-state index in [0.717, 1.165) is 0 Å². The lowest BCUT2D eigenvalue weighted by Crippen LogP contribution is -2.02. The summed E-state index contributed by atoms with van der Waals surface area (Å²) in [4.78, 5) is 15.3. The van der Waals surface area contributed by atoms with Gasteiger partial charge in [-0.1, -0.05) is 6.07 Å². The molecule has 2 rings (SSSR count). The van der Waals surface area contributed by atoms with Crippen molar-refractivity contribution in [2.75, 3.05) is 12.4 Å². The highest BCUT2D eigenvalue weighted by Gasteiger charge is 2.11. The van der Waals surface area contributed by atoms with Gasteiger partial charge >= 0.3 is 5.97 Å². The molecule has 0 amide bonds. The molecular formula is C12H11FN2O2S. The summed E-state index contributed by atoms with van der Waals surface area (Å²) in [6.45, 7) is 1.67. The van der Waals surface area contributed by atoms with Crippen LogP contribution in [-0.4, -0.2) is 18.1 Å². The average molecular weight is 266 g/mol. The summed E-state index contributed by atoms with van der Waals surface area (Å²) in [5.74, 6) is -0.778. The largest absolute Gasteiger partial charge is 0.464 e. The van der Waals surface area contributed by atoms with Gasteiger partial charge in [0.2, 0.25) is 0 Å². The van der Waals surface area contributed by atoms with Gasteiger partial charge < -0.3 is 10.1 Å². The normalized spacial score (nSPS) is 10.2. The minimum atomic E-state index is -0.490. The van der Waals surface area contributed by atoms with Crippen molar-refractivity contribution in [3.63, 3.8) is 0 Å². The van der Waals surface area contributed by atoms with E-state index in [4.69, 9.17) is 0 Å². The average Bonchev–Trinajstić information content (AvgIpc) is 2.82. The lowest BCUT2D eigenvalue weighted by Gasteiger charge is -2.06. The summed E-state index contributed by atoms with van der Waals surface area (Å²) in [5, 5.41) is 5.08. The van der Waals surface area contributed by atoms with E-state index >= 15 is 0 Å². The van der Waals surface area contributed by atoms with Gasteiger partial charge in [0.1, 0.15) is 5.82 Å². The fourth-order valence-corrected chi connectivity index (χ4v) is 2.08. The van der Waals surface area contributed by atoms with Crippen LogP contribution < -0.4 is 5.32 Å². The summed E-state index contributed by atoms with van der Waals surface area (Å²) in [5.41, 5.74) is 1.37. The number of aromatic nitrogens is 1. The summed E-state index contributed by atoms with van der Waals surface area (Å²) in [6.07, 6.45) is 0. The first-order chi connectivity index (χ1) is 8.61. The van der Waals surface area contributed by atoms with Gasteiger partial charge in [0, 0.05) is 16.6 Å². The van der Waals surface area contributed by atoms with Crippen LogP contribution in [0.25, 0.3) is 0 Å². The monoisotopic (exact) mass is 266 g/mol. The second kappa shape index (κ2) is 5.14. The molecule has 1 heterocycles. The fourth-order valence-electron chi connectivity index (χ4n) is 1.39. The van der Waals surface area contributed by atoms with E-state index in [2.05, 4.69) is 15.0 Å². The maximum Gasteiger partial charge on any atom is 0.357 e. The van der Waals surface area contributed by atoms with E-state index in [9.17, 15) is 9.18 Å². The van der Waals surface area contributed by atoms with Crippen molar-refractivity contribution in [1.82, 2.24) is 4.98 Å². The van der Waals surface area contributed by atoms with E-state index < -0.39 is 5.97 Å². The molecule has 0 unspecified atom stereocenters. The first-order valence-electron chi connectivity index (χ1n) is 5.18. The van der Waals surface area contributed by atoms with Crippen molar-refractivity contribution in [3.8, 4) is 0 Å². The van der Waals surface area contributed by atoms with Gasteiger partial charge in [0.15, 0.2) is 10.8 Å². The number of rotatable bonds is 3. The van der Waals surface area contributed by atoms with E-state index in [1.807, 2.05) is 0 Å². The second-order valence-electron chi connectivity index (χ2n) is 3.57. The first-order valence-corrected chi connectivity index (χ1v) is 6.05. The van der Waals surface area contributed by atoms with Crippen LogP contribution in [0.1, 0.15) is 16.1 Å². The van der Waals surface area contributed by atoms with Gasteiger partial charge in [-0.15, -0.1) is 11.3 Å². The number of methoxy groups -OCH3 is 1. The molecule has 0 aliphatic heterocycles. The zero-order valence-corrected chi connectivity index (χ0v) is 10.7. The third kappa shape index (κ3) is 2.48. The van der Waals surface area contributed by atoms with Crippen molar-refractivity contribution in [3.05, 3.63) is 40.7 Å². The molecule has 0 saturated heterocycles. The lowest BCUT2D eigenvalue weighted by molar-refractivity contribution is 0.0595. The number of hydrogen-bond acceptors (Lipinski definition) is 5. The van der Waals surface area contributed by atoms with Crippen molar-refractivity contribution in [1.29, 1.82) is 0 Å². The molecule has 0 radical (unpaired) electrons. The number of nitrogens with one attached hydrogen (secondary N) is 1. The predicted octanol–water partition coefficient (Wildman–Crippen LogP) is 3.12. The maximum atomic E-state index is 13.3. The van der Waals surface area contributed by atoms with Crippen LogP contribution in [-0.2, 0) is 4.74 Å². The van der Waals surface area contributed by atoms with E-state index in [-0.39, 0.29) is 11.5 Å². The molecule has 0 aliphatic rings. The smallest absolute Gasteiger partial charge is 0.357 e. The summed E-state index contributed by atoms with van der Waals surface area (Å²) in [6, 6.07) is 4.75. The zero-order valence-electron chi connectivity index (χ0n) is 9.86. The molecule has 1 aromatic carbocycles. The Morgan fingerprint density at radius 2 is 2.28 bits per heavy atom. The van der Waals surface area contributed by atoms with Crippen molar-refractivity contribution in [2.45, 2.75) is 6.92 Å². The minimum absolute atomic E-state index is 0.235. The molecule has 0 saturated carbocycles. The lowest BCUT2D eigenvalue weighted by atomic mass is 10.2. The van der Waals surface area contributed by atoms with Gasteiger partial charge in [-0.2, -0.15) is 0 Å². The number of halogens is 1. The van der Waals surface area contributed by atoms with Crippen molar-refractivity contribution < 1.29 is 13.9 Å². The molecule has 1 aromatic heterocycles. The predicted molar refractivity (Wildman–Crippen MR) is 67.9 cm³/mol. The number of carbonyl (C=O) groups excluding carboxylic acids is 1. The van der Waals surface area contributed by atoms with Gasteiger partial charge in [0.25, 0.3) is 0 Å². The Balaban J connectivity index is 2.21. The fraction of sp³-hybridized carbons (Fsp3) is 0.167. The molecule has 18 heavy (non-hydrogen) atoms. The molecule has 0 atom stereocenters. The highest BCUT2D eigenvalue weighted by atomic mass is 32.1. The quantitative estimate of drug-likeness (QED) is 0.867. The summed E-state index contributed by atoms with van der Waals surface area (Å²) in [7, 11) is 1.30. The standard InChI is InChI=1S/C12H11FN2O2S/c1-7-8(13)4-3-5-9(7)14-12-15-10(6-18-12)11(16)17-2/h3-6H,1-2H3,(H,14,15). The number of anilines is 2. The maximum absolute atomic E-state index is 13.3. The Labute approximate surface area is 107 Å². The van der Waals surface area contributed by atoms with Gasteiger partial charge in [-0.05, 0) is 19.1 Å². The van der Waals surface area contributed by atoms with Crippen LogP contribution in [0.15, 0.2) is 23.6 Å². The molecule has 0 spiro atoms. The number of carbonyl (C=O) groups is 1. The number of ether oxygens (including phenoxy) is 1. The number of benzene rings is 1. The molecule has 94 valence electrons. The van der Waals surface area contributed by atoms with E-state index in [0.29, 0.717) is 16.4 Å². The van der Waals surface area contributed by atoms with Crippen LogP contribution in [0.3, 0.4) is 0 Å². The van der Waals surface area contributed by atoms with Crippen LogP contribution in [0, 0.1) is 12.7 Å². The van der Waals surface area contributed by atoms with Gasteiger partial charge in [-0.25, -0.2) is 14.2 Å². The third-order valence-corrected chi connectivity index (χ3v) is 3.17. The molecule has 2 aromatic rings. The molecular weight excluding hydrogens is 255 g/mol. The molecule has 0 fully saturated rings. The molecule has 6 heteroatoms. The van der Waals surface area contributed by atoms with E-state index in [1.54, 1.807) is 24.4 Å². The molecule has 4 nitrogen and oxygen atoms in total. The van der Waals surface area contributed by atoms with Crippen LogP contribution in [0.4, 0.5) is 15.2 Å². The van der Waals surface area contributed by atoms with Crippen molar-refractivity contribution >= 4 is 28.1 Å². The number of hydrogen-bond donors (Lipinski definition) is 1. The highest BCUT2D eigenvalue weighted by Crippen LogP contribution is 2.24. The SMILES string of the molecule is COC(=O)c1csc(Nc2cccc(F)c2C)n1. The zero-order chi connectivity index (χ0) is 13.1. The van der Waals surface area contributed by atoms with Gasteiger partial charge in [-0.3, -0.25) is 0 Å². The third-order valence-electron chi connectivity index (χ3n) is 2.41. The Bertz CT molecular complexity index is 583. The Morgan fingerprint density at radius 3 is 3.00 bits per heavy atom. The number of thiazole rings is 1. The molecule has 0 aliphatic carbocycles. The minimum Gasteiger partial charge on any atom is -0.464 e. The Kier molecular flexibility index (Phi) is 3.57. The van der Waals surface area contributed by atoms with Crippen LogP contribution in [0.2, 0.25) is 0 Å². The van der Waals surface area contributed by atoms with Crippen molar-refractivity contribution in [2.24, 2.45) is 0 Å². The summed E-state index contributed by atoms with van der Waals surface area (Å²) < 4.78 is 17.9.